The Bertz CT molecular complexity index is 561. The lowest BCUT2D eigenvalue weighted by molar-refractivity contribution is 0.106. The van der Waals surface area contributed by atoms with Gasteiger partial charge in [-0.1, -0.05) is 6.07 Å². The molecule has 1 heterocycles. The van der Waals surface area contributed by atoms with E-state index in [-0.39, 0.29) is 6.61 Å². The van der Waals surface area contributed by atoms with Gasteiger partial charge in [-0.15, -0.1) is 11.3 Å². The highest BCUT2D eigenvalue weighted by Crippen LogP contribution is 2.20. The summed E-state index contributed by atoms with van der Waals surface area (Å²) in [5.41, 5.74) is 0. The van der Waals surface area contributed by atoms with Gasteiger partial charge >= 0.3 is 0 Å². The number of aliphatic hydroxyl groups excluding tert-OH is 1. The number of halogens is 1. The van der Waals surface area contributed by atoms with E-state index >= 15 is 0 Å². The third-order valence-electron chi connectivity index (χ3n) is 2.78. The molecule has 0 fully saturated rings. The summed E-state index contributed by atoms with van der Waals surface area (Å²) in [5.74, 6) is 1.43. The lowest BCUT2D eigenvalue weighted by atomic mass is 10.3. The lowest BCUT2D eigenvalue weighted by Gasteiger charge is -2.13. The predicted molar refractivity (Wildman–Crippen MR) is 88.2 cm³/mol. The zero-order valence-corrected chi connectivity index (χ0v) is 14.1. The number of methoxy groups -OCH3 is 1. The second-order valence-corrected chi connectivity index (χ2v) is 6.42. The highest BCUT2D eigenvalue weighted by molar-refractivity contribution is 9.10. The van der Waals surface area contributed by atoms with Crippen LogP contribution in [0.1, 0.15) is 4.88 Å². The molecular formula is C15H18BrNO3S. The van der Waals surface area contributed by atoms with Crippen LogP contribution in [0.5, 0.6) is 11.5 Å². The van der Waals surface area contributed by atoms with Gasteiger partial charge in [-0.2, -0.15) is 0 Å². The Morgan fingerprint density at radius 3 is 2.86 bits per heavy atom. The van der Waals surface area contributed by atoms with Crippen molar-refractivity contribution in [3.8, 4) is 11.5 Å². The van der Waals surface area contributed by atoms with Crippen molar-refractivity contribution in [3.63, 3.8) is 0 Å². The SMILES string of the molecule is COc1cccc(OCC(O)CNCc2cc(Br)cs2)c1. The zero-order valence-electron chi connectivity index (χ0n) is 11.7. The summed E-state index contributed by atoms with van der Waals surface area (Å²) in [6.45, 7) is 1.47. The van der Waals surface area contributed by atoms with Gasteiger partial charge in [0.2, 0.25) is 0 Å². The van der Waals surface area contributed by atoms with Crippen molar-refractivity contribution in [2.45, 2.75) is 12.6 Å². The molecule has 2 aromatic rings. The van der Waals surface area contributed by atoms with Crippen molar-refractivity contribution in [2.75, 3.05) is 20.3 Å². The number of aliphatic hydroxyl groups is 1. The monoisotopic (exact) mass is 371 g/mol. The van der Waals surface area contributed by atoms with Gasteiger partial charge in [0.15, 0.2) is 0 Å². The molecule has 2 rings (SSSR count). The number of benzene rings is 1. The summed E-state index contributed by atoms with van der Waals surface area (Å²) >= 11 is 5.10. The molecule has 0 radical (unpaired) electrons. The fourth-order valence-electron chi connectivity index (χ4n) is 1.75. The maximum absolute atomic E-state index is 9.90. The topological polar surface area (TPSA) is 50.7 Å². The summed E-state index contributed by atoms with van der Waals surface area (Å²) in [4.78, 5) is 1.22. The van der Waals surface area contributed by atoms with Crippen LogP contribution in [-0.2, 0) is 6.54 Å². The van der Waals surface area contributed by atoms with E-state index in [2.05, 4.69) is 27.3 Å². The Kier molecular flexibility index (Phi) is 6.50. The van der Waals surface area contributed by atoms with Gasteiger partial charge in [0.05, 0.1) is 7.11 Å². The Morgan fingerprint density at radius 1 is 1.33 bits per heavy atom. The molecule has 1 aromatic carbocycles. The molecule has 0 aliphatic carbocycles. The summed E-state index contributed by atoms with van der Waals surface area (Å²) < 4.78 is 11.8. The summed E-state index contributed by atoms with van der Waals surface area (Å²) in [6.07, 6.45) is -0.556. The molecule has 0 amide bonds. The van der Waals surface area contributed by atoms with Crippen molar-refractivity contribution in [3.05, 3.63) is 45.1 Å². The van der Waals surface area contributed by atoms with Crippen molar-refractivity contribution in [1.82, 2.24) is 5.32 Å². The molecule has 0 saturated carbocycles. The van der Waals surface area contributed by atoms with E-state index in [1.165, 1.54) is 4.88 Å². The molecule has 0 spiro atoms. The molecule has 2 N–H and O–H groups in total. The van der Waals surface area contributed by atoms with Gasteiger partial charge in [0.25, 0.3) is 0 Å². The smallest absolute Gasteiger partial charge is 0.123 e. The standard InChI is InChI=1S/C15H18BrNO3S/c1-19-13-3-2-4-14(6-13)20-9-12(18)7-17-8-15-5-11(16)10-21-15/h2-6,10,12,17-18H,7-9H2,1H3. The van der Waals surface area contributed by atoms with Crippen molar-refractivity contribution >= 4 is 27.3 Å². The Balaban J connectivity index is 1.68. The molecule has 114 valence electrons. The minimum atomic E-state index is -0.556. The van der Waals surface area contributed by atoms with E-state index in [0.29, 0.717) is 12.3 Å². The third kappa shape index (κ3) is 5.67. The van der Waals surface area contributed by atoms with Crippen LogP contribution in [0.4, 0.5) is 0 Å². The van der Waals surface area contributed by atoms with Gasteiger partial charge in [0.1, 0.15) is 24.2 Å². The average Bonchev–Trinajstić information content (AvgIpc) is 2.91. The Hall–Kier alpha value is -1.08. The van der Waals surface area contributed by atoms with Crippen molar-refractivity contribution in [1.29, 1.82) is 0 Å². The number of hydrogen-bond acceptors (Lipinski definition) is 5. The van der Waals surface area contributed by atoms with E-state index in [0.717, 1.165) is 16.8 Å². The molecule has 4 nitrogen and oxygen atoms in total. The van der Waals surface area contributed by atoms with Gasteiger partial charge in [-0.3, -0.25) is 0 Å². The zero-order chi connectivity index (χ0) is 15.1. The van der Waals surface area contributed by atoms with Gasteiger partial charge < -0.3 is 19.9 Å². The van der Waals surface area contributed by atoms with E-state index < -0.39 is 6.10 Å². The second kappa shape index (κ2) is 8.38. The van der Waals surface area contributed by atoms with Crippen LogP contribution >= 0.6 is 27.3 Å². The van der Waals surface area contributed by atoms with Gasteiger partial charge in [-0.05, 0) is 34.1 Å². The fraction of sp³-hybridized carbons (Fsp3) is 0.333. The highest BCUT2D eigenvalue weighted by atomic mass is 79.9. The first kappa shape index (κ1) is 16.3. The normalized spacial score (nSPS) is 12.1. The number of rotatable bonds is 8. The Morgan fingerprint density at radius 2 is 2.14 bits per heavy atom. The molecule has 0 aliphatic heterocycles. The average molecular weight is 372 g/mol. The first-order chi connectivity index (χ1) is 10.2. The van der Waals surface area contributed by atoms with Crippen LogP contribution in [-0.4, -0.2) is 31.5 Å². The molecule has 1 aromatic heterocycles. The maximum Gasteiger partial charge on any atom is 0.123 e. The molecule has 1 unspecified atom stereocenters. The molecule has 0 bridgehead atoms. The van der Waals surface area contributed by atoms with Crippen molar-refractivity contribution < 1.29 is 14.6 Å². The van der Waals surface area contributed by atoms with E-state index in [4.69, 9.17) is 9.47 Å². The quantitative estimate of drug-likeness (QED) is 0.748. The largest absolute Gasteiger partial charge is 0.497 e. The third-order valence-corrected chi connectivity index (χ3v) is 4.48. The fourth-order valence-corrected chi connectivity index (χ4v) is 3.17. The van der Waals surface area contributed by atoms with Crippen LogP contribution in [0.3, 0.4) is 0 Å². The molecule has 21 heavy (non-hydrogen) atoms. The van der Waals surface area contributed by atoms with E-state index in [1.807, 2.05) is 23.6 Å². The molecule has 6 heteroatoms. The first-order valence-electron chi connectivity index (χ1n) is 6.56. The molecule has 0 aliphatic rings. The molecule has 0 saturated heterocycles. The number of hydrogen-bond donors (Lipinski definition) is 2. The summed E-state index contributed by atoms with van der Waals surface area (Å²) in [7, 11) is 1.61. The maximum atomic E-state index is 9.90. The Labute approximate surface area is 136 Å². The van der Waals surface area contributed by atoms with Crippen LogP contribution < -0.4 is 14.8 Å². The minimum Gasteiger partial charge on any atom is -0.497 e. The minimum absolute atomic E-state index is 0.244. The van der Waals surface area contributed by atoms with Gasteiger partial charge in [0, 0.05) is 33.9 Å². The summed E-state index contributed by atoms with van der Waals surface area (Å²) in [5, 5.41) is 15.1. The van der Waals surface area contributed by atoms with Crippen LogP contribution in [0, 0.1) is 0 Å². The van der Waals surface area contributed by atoms with Crippen LogP contribution in [0.2, 0.25) is 0 Å². The van der Waals surface area contributed by atoms with Crippen molar-refractivity contribution in [2.24, 2.45) is 0 Å². The van der Waals surface area contributed by atoms with Crippen LogP contribution in [0.15, 0.2) is 40.2 Å². The lowest BCUT2D eigenvalue weighted by Crippen LogP contribution is -2.30. The predicted octanol–water partition coefficient (Wildman–Crippen LogP) is 3.05. The number of thiophene rings is 1. The first-order valence-corrected chi connectivity index (χ1v) is 8.23. The molecular weight excluding hydrogens is 354 g/mol. The van der Waals surface area contributed by atoms with E-state index in [1.54, 1.807) is 24.5 Å². The van der Waals surface area contributed by atoms with Gasteiger partial charge in [-0.25, -0.2) is 0 Å². The van der Waals surface area contributed by atoms with Crippen LogP contribution in [0.25, 0.3) is 0 Å². The van der Waals surface area contributed by atoms with E-state index in [9.17, 15) is 5.11 Å². The second-order valence-electron chi connectivity index (χ2n) is 4.51. The summed E-state index contributed by atoms with van der Waals surface area (Å²) in [6, 6.07) is 9.41. The number of nitrogens with one attached hydrogen (secondary N) is 1. The highest BCUT2D eigenvalue weighted by Gasteiger charge is 2.06. The molecule has 1 atom stereocenters. The number of ether oxygens (including phenoxy) is 2.